The highest BCUT2D eigenvalue weighted by Gasteiger charge is 2.05. The van der Waals surface area contributed by atoms with Crippen molar-refractivity contribution in [1.82, 2.24) is 5.32 Å². The summed E-state index contributed by atoms with van der Waals surface area (Å²) in [6.45, 7) is 2.65. The Morgan fingerprint density at radius 3 is 2.61 bits per heavy atom. The molecule has 0 spiro atoms. The fourth-order valence-electron chi connectivity index (χ4n) is 1.65. The molecule has 0 atom stereocenters. The molecule has 1 aromatic carbocycles. The van der Waals surface area contributed by atoms with Crippen molar-refractivity contribution in [3.8, 4) is 0 Å². The van der Waals surface area contributed by atoms with E-state index in [4.69, 9.17) is 5.73 Å². The maximum absolute atomic E-state index is 11.8. The van der Waals surface area contributed by atoms with Crippen LogP contribution in [0.15, 0.2) is 35.0 Å². The summed E-state index contributed by atoms with van der Waals surface area (Å²) in [6.07, 6.45) is 0.392. The summed E-state index contributed by atoms with van der Waals surface area (Å²) in [5.74, 6) is 0.0328. The van der Waals surface area contributed by atoms with Gasteiger partial charge in [0.1, 0.15) is 0 Å². The first-order valence-electron chi connectivity index (χ1n) is 5.78. The van der Waals surface area contributed by atoms with Crippen LogP contribution in [0.4, 0.5) is 5.69 Å². The maximum Gasteiger partial charge on any atom is 0.224 e. The van der Waals surface area contributed by atoms with Gasteiger partial charge in [-0.2, -0.15) is 11.3 Å². The van der Waals surface area contributed by atoms with Gasteiger partial charge in [-0.15, -0.1) is 0 Å². The van der Waals surface area contributed by atoms with Gasteiger partial charge in [0.25, 0.3) is 0 Å². The molecule has 1 aromatic heterocycles. The van der Waals surface area contributed by atoms with Crippen LogP contribution in [0.5, 0.6) is 0 Å². The molecule has 0 saturated heterocycles. The van der Waals surface area contributed by atoms with Crippen molar-refractivity contribution in [3.63, 3.8) is 0 Å². The molecule has 0 aliphatic heterocycles. The van der Waals surface area contributed by atoms with Crippen molar-refractivity contribution in [2.75, 3.05) is 5.73 Å². The number of benzene rings is 1. The lowest BCUT2D eigenvalue weighted by Crippen LogP contribution is -2.24. The van der Waals surface area contributed by atoms with Gasteiger partial charge in [0.05, 0.1) is 6.42 Å². The number of hydrogen-bond acceptors (Lipinski definition) is 3. The molecule has 4 heteroatoms. The normalized spacial score (nSPS) is 10.3. The minimum atomic E-state index is 0.0328. The zero-order valence-electron chi connectivity index (χ0n) is 10.3. The number of anilines is 1. The number of nitrogens with two attached hydrogens (primary N) is 1. The molecule has 0 bridgehead atoms. The van der Waals surface area contributed by atoms with Gasteiger partial charge < -0.3 is 11.1 Å². The van der Waals surface area contributed by atoms with Gasteiger partial charge in [0.2, 0.25) is 5.91 Å². The first-order chi connectivity index (χ1) is 8.65. The number of nitrogen functional groups attached to an aromatic ring is 1. The third kappa shape index (κ3) is 3.34. The van der Waals surface area contributed by atoms with E-state index in [1.165, 1.54) is 11.1 Å². The molecule has 0 fully saturated rings. The Hall–Kier alpha value is -1.81. The summed E-state index contributed by atoms with van der Waals surface area (Å²) < 4.78 is 0. The molecule has 0 saturated carbocycles. The summed E-state index contributed by atoms with van der Waals surface area (Å²) in [5.41, 5.74) is 9.70. The van der Waals surface area contributed by atoms with Crippen molar-refractivity contribution < 1.29 is 4.79 Å². The SMILES string of the molecule is Cc1cscc1CNC(=O)Cc1ccc(N)cc1. The predicted molar refractivity (Wildman–Crippen MR) is 75.5 cm³/mol. The molecular weight excluding hydrogens is 244 g/mol. The van der Waals surface area contributed by atoms with Gasteiger partial charge in [-0.25, -0.2) is 0 Å². The number of carbonyl (C=O) groups excluding carboxylic acids is 1. The molecule has 94 valence electrons. The number of aryl methyl sites for hydroxylation is 1. The molecule has 1 amide bonds. The fourth-order valence-corrected chi connectivity index (χ4v) is 2.50. The average molecular weight is 260 g/mol. The van der Waals surface area contributed by atoms with Crippen molar-refractivity contribution >= 4 is 22.9 Å². The van der Waals surface area contributed by atoms with E-state index in [2.05, 4.69) is 23.0 Å². The van der Waals surface area contributed by atoms with Crippen LogP contribution in [0, 0.1) is 6.92 Å². The lowest BCUT2D eigenvalue weighted by molar-refractivity contribution is -0.120. The second-order valence-electron chi connectivity index (χ2n) is 4.28. The number of amides is 1. The summed E-state index contributed by atoms with van der Waals surface area (Å²) in [7, 11) is 0. The molecule has 0 aliphatic rings. The van der Waals surface area contributed by atoms with Crippen LogP contribution in [0.2, 0.25) is 0 Å². The van der Waals surface area contributed by atoms with Gasteiger partial charge >= 0.3 is 0 Å². The van der Waals surface area contributed by atoms with Gasteiger partial charge in [-0.1, -0.05) is 12.1 Å². The number of carbonyl (C=O) groups is 1. The fraction of sp³-hybridized carbons (Fsp3) is 0.214. The monoisotopic (exact) mass is 260 g/mol. The van der Waals surface area contributed by atoms with E-state index < -0.39 is 0 Å². The van der Waals surface area contributed by atoms with Gasteiger partial charge in [-0.3, -0.25) is 4.79 Å². The number of rotatable bonds is 4. The van der Waals surface area contributed by atoms with E-state index in [0.29, 0.717) is 18.7 Å². The summed E-state index contributed by atoms with van der Waals surface area (Å²) in [6, 6.07) is 7.38. The number of nitrogens with one attached hydrogen (secondary N) is 1. The van der Waals surface area contributed by atoms with Crippen molar-refractivity contribution in [1.29, 1.82) is 0 Å². The second-order valence-corrected chi connectivity index (χ2v) is 5.02. The number of thiophene rings is 1. The van der Waals surface area contributed by atoms with Crippen LogP contribution in [0.25, 0.3) is 0 Å². The van der Waals surface area contributed by atoms with Crippen LogP contribution < -0.4 is 11.1 Å². The van der Waals surface area contributed by atoms with Crippen LogP contribution in [0.1, 0.15) is 16.7 Å². The highest BCUT2D eigenvalue weighted by Crippen LogP contribution is 2.13. The molecular formula is C14H16N2OS. The van der Waals surface area contributed by atoms with E-state index in [1.807, 2.05) is 24.3 Å². The third-order valence-corrected chi connectivity index (χ3v) is 3.69. The summed E-state index contributed by atoms with van der Waals surface area (Å²) in [5, 5.41) is 7.08. The van der Waals surface area contributed by atoms with Crippen molar-refractivity contribution in [2.24, 2.45) is 0 Å². The zero-order chi connectivity index (χ0) is 13.0. The maximum atomic E-state index is 11.8. The second kappa shape index (κ2) is 5.69. The zero-order valence-corrected chi connectivity index (χ0v) is 11.1. The van der Waals surface area contributed by atoms with E-state index in [0.717, 1.165) is 5.56 Å². The number of hydrogen-bond donors (Lipinski definition) is 2. The topological polar surface area (TPSA) is 55.1 Å². The summed E-state index contributed by atoms with van der Waals surface area (Å²) in [4.78, 5) is 11.8. The first-order valence-corrected chi connectivity index (χ1v) is 6.72. The summed E-state index contributed by atoms with van der Waals surface area (Å²) >= 11 is 1.66. The third-order valence-electron chi connectivity index (χ3n) is 2.78. The lowest BCUT2D eigenvalue weighted by atomic mass is 10.1. The van der Waals surface area contributed by atoms with Crippen LogP contribution in [-0.4, -0.2) is 5.91 Å². The minimum Gasteiger partial charge on any atom is -0.399 e. The Bertz CT molecular complexity index is 531. The first kappa shape index (κ1) is 12.6. The molecule has 2 rings (SSSR count). The van der Waals surface area contributed by atoms with Crippen molar-refractivity contribution in [3.05, 3.63) is 51.7 Å². The Labute approximate surface area is 111 Å². The molecule has 2 aromatic rings. The smallest absolute Gasteiger partial charge is 0.224 e. The van der Waals surface area contributed by atoms with E-state index in [9.17, 15) is 4.79 Å². The van der Waals surface area contributed by atoms with Gasteiger partial charge in [0, 0.05) is 12.2 Å². The average Bonchev–Trinajstić information content (AvgIpc) is 2.75. The molecule has 0 radical (unpaired) electrons. The Morgan fingerprint density at radius 2 is 2.00 bits per heavy atom. The van der Waals surface area contributed by atoms with Crippen molar-refractivity contribution in [2.45, 2.75) is 19.9 Å². The van der Waals surface area contributed by atoms with Gasteiger partial charge in [0.15, 0.2) is 0 Å². The lowest BCUT2D eigenvalue weighted by Gasteiger charge is -2.05. The standard InChI is InChI=1S/C14H16N2OS/c1-10-8-18-9-12(10)7-16-14(17)6-11-2-4-13(15)5-3-11/h2-5,8-9H,6-7,15H2,1H3,(H,16,17). The largest absolute Gasteiger partial charge is 0.399 e. The Balaban J connectivity index is 1.86. The minimum absolute atomic E-state index is 0.0328. The Kier molecular flexibility index (Phi) is 3.99. The quantitative estimate of drug-likeness (QED) is 0.830. The highest BCUT2D eigenvalue weighted by molar-refractivity contribution is 7.08. The van der Waals surface area contributed by atoms with Gasteiger partial charge in [-0.05, 0) is 46.5 Å². The van der Waals surface area contributed by atoms with E-state index >= 15 is 0 Å². The highest BCUT2D eigenvalue weighted by atomic mass is 32.1. The molecule has 0 unspecified atom stereocenters. The molecule has 0 aliphatic carbocycles. The van der Waals surface area contributed by atoms with E-state index in [-0.39, 0.29) is 5.91 Å². The molecule has 1 heterocycles. The van der Waals surface area contributed by atoms with Crippen LogP contribution in [-0.2, 0) is 17.8 Å². The molecule has 3 nitrogen and oxygen atoms in total. The Morgan fingerprint density at radius 1 is 1.28 bits per heavy atom. The molecule has 18 heavy (non-hydrogen) atoms. The predicted octanol–water partition coefficient (Wildman–Crippen LogP) is 2.50. The van der Waals surface area contributed by atoms with Crippen LogP contribution in [0.3, 0.4) is 0 Å². The van der Waals surface area contributed by atoms with Crippen LogP contribution >= 0.6 is 11.3 Å². The molecule has 3 N–H and O–H groups in total. The van der Waals surface area contributed by atoms with E-state index in [1.54, 1.807) is 11.3 Å².